The zero-order valence-corrected chi connectivity index (χ0v) is 15.1. The first-order chi connectivity index (χ1) is 10.4. The first-order valence-electron chi connectivity index (χ1n) is 7.23. The van der Waals surface area contributed by atoms with Crippen LogP contribution in [0.2, 0.25) is 0 Å². The number of benzene rings is 1. The average Bonchev–Trinajstić information content (AvgIpc) is 2.43. The number of rotatable bonds is 8. The molecule has 22 heavy (non-hydrogen) atoms. The molecule has 3 nitrogen and oxygen atoms in total. The van der Waals surface area contributed by atoms with Crippen molar-refractivity contribution in [3.05, 3.63) is 52.6 Å². The molecule has 0 saturated carbocycles. The number of aliphatic carboxylic acids is 1. The van der Waals surface area contributed by atoms with Gasteiger partial charge >= 0.3 is 5.97 Å². The van der Waals surface area contributed by atoms with E-state index in [1.165, 1.54) is 16.7 Å². The minimum Gasteiger partial charge on any atom is -0.478 e. The highest BCUT2D eigenvalue weighted by Crippen LogP contribution is 2.18. The van der Waals surface area contributed by atoms with Crippen molar-refractivity contribution in [2.45, 2.75) is 39.5 Å². The molecule has 0 aliphatic heterocycles. The second-order valence-corrected chi connectivity index (χ2v) is 6.60. The van der Waals surface area contributed by atoms with Gasteiger partial charge in [-0.1, -0.05) is 29.8 Å². The molecule has 1 aromatic rings. The minimum absolute atomic E-state index is 0.185. The van der Waals surface area contributed by atoms with Gasteiger partial charge in [-0.2, -0.15) is 0 Å². The van der Waals surface area contributed by atoms with Crippen LogP contribution in [0.4, 0.5) is 0 Å². The van der Waals surface area contributed by atoms with Crippen LogP contribution in [0.15, 0.2) is 35.9 Å². The van der Waals surface area contributed by atoms with E-state index < -0.39 is 5.97 Å². The van der Waals surface area contributed by atoms with Crippen molar-refractivity contribution in [2.24, 2.45) is 0 Å². The lowest BCUT2D eigenvalue weighted by Gasteiger charge is -2.09. The van der Waals surface area contributed by atoms with Crippen molar-refractivity contribution in [3.8, 4) is 0 Å². The Kier molecular flexibility index (Phi) is 8.09. The molecule has 1 rings (SSSR count). The Morgan fingerprint density at radius 2 is 1.95 bits per heavy atom. The Labute approximate surface area is 145 Å². The van der Waals surface area contributed by atoms with Crippen LogP contribution >= 0.6 is 22.6 Å². The first kappa shape index (κ1) is 18.6. The molecular weight excluding hydrogens is 391 g/mol. The maximum atomic E-state index is 11.0. The molecule has 0 aromatic heterocycles. The van der Waals surface area contributed by atoms with E-state index in [9.17, 15) is 9.59 Å². The minimum atomic E-state index is -0.949. The van der Waals surface area contributed by atoms with Gasteiger partial charge in [-0.25, -0.2) is 4.79 Å². The topological polar surface area (TPSA) is 54.4 Å². The van der Waals surface area contributed by atoms with E-state index in [0.29, 0.717) is 6.42 Å². The number of hydrogen-bond donors (Lipinski definition) is 1. The van der Waals surface area contributed by atoms with E-state index in [1.54, 1.807) is 6.08 Å². The molecule has 0 aliphatic rings. The van der Waals surface area contributed by atoms with E-state index >= 15 is 0 Å². The number of aryl methyl sites for hydroxylation is 1. The summed E-state index contributed by atoms with van der Waals surface area (Å²) in [5, 5.41) is 8.71. The van der Waals surface area contributed by atoms with Gasteiger partial charge in [0, 0.05) is 12.5 Å². The van der Waals surface area contributed by atoms with Crippen molar-refractivity contribution in [3.63, 3.8) is 0 Å². The highest BCUT2D eigenvalue weighted by Gasteiger charge is 2.04. The number of allylic oxidation sites excluding steroid dienone is 2. The zero-order valence-electron chi connectivity index (χ0n) is 12.9. The third-order valence-electron chi connectivity index (χ3n) is 3.20. The molecule has 0 radical (unpaired) electrons. The lowest BCUT2D eigenvalue weighted by Crippen LogP contribution is -1.97. The Hall–Kier alpha value is -1.43. The summed E-state index contributed by atoms with van der Waals surface area (Å²) < 4.78 is 0.185. The largest absolute Gasteiger partial charge is 0.478 e. The van der Waals surface area contributed by atoms with Crippen LogP contribution in [0.1, 0.15) is 43.4 Å². The van der Waals surface area contributed by atoms with E-state index in [0.717, 1.165) is 30.9 Å². The van der Waals surface area contributed by atoms with Crippen molar-refractivity contribution in [1.82, 2.24) is 0 Å². The van der Waals surface area contributed by atoms with Gasteiger partial charge < -0.3 is 5.11 Å². The maximum Gasteiger partial charge on any atom is 0.328 e. The van der Waals surface area contributed by atoms with E-state index in [-0.39, 0.29) is 3.79 Å². The summed E-state index contributed by atoms with van der Waals surface area (Å²) in [5.74, 6) is -0.949. The third-order valence-corrected chi connectivity index (χ3v) is 3.74. The molecule has 0 unspecified atom stereocenters. The molecule has 0 bridgehead atoms. The second-order valence-electron chi connectivity index (χ2n) is 5.39. The maximum absolute atomic E-state index is 11.0. The molecule has 0 spiro atoms. The van der Waals surface area contributed by atoms with Gasteiger partial charge in [-0.05, 0) is 78.5 Å². The summed E-state index contributed by atoms with van der Waals surface area (Å²) in [6.45, 7) is 4.12. The van der Waals surface area contributed by atoms with Gasteiger partial charge in [0.05, 0.1) is 0 Å². The van der Waals surface area contributed by atoms with Crippen molar-refractivity contribution in [1.29, 1.82) is 0 Å². The van der Waals surface area contributed by atoms with E-state index in [4.69, 9.17) is 5.11 Å². The van der Waals surface area contributed by atoms with Crippen LogP contribution in [0.25, 0.3) is 6.08 Å². The first-order valence-corrected chi connectivity index (χ1v) is 8.31. The zero-order chi connectivity index (χ0) is 16.5. The molecule has 0 amide bonds. The molecule has 118 valence electrons. The summed E-state index contributed by atoms with van der Waals surface area (Å²) in [7, 11) is 0. The van der Waals surface area contributed by atoms with Gasteiger partial charge in [0.1, 0.15) is 0 Å². The monoisotopic (exact) mass is 412 g/mol. The number of halogens is 1. The van der Waals surface area contributed by atoms with Crippen LogP contribution in [0.5, 0.6) is 0 Å². The van der Waals surface area contributed by atoms with Crippen molar-refractivity contribution in [2.75, 3.05) is 0 Å². The SMILES string of the molecule is CC(C)=CCc1cc(/C=C/C(=O)O)ccc1CCCC(=O)I. The molecule has 0 heterocycles. The fourth-order valence-electron chi connectivity index (χ4n) is 2.08. The fourth-order valence-corrected chi connectivity index (χ4v) is 2.46. The van der Waals surface area contributed by atoms with Gasteiger partial charge in [-0.15, -0.1) is 0 Å². The second kappa shape index (κ2) is 9.56. The molecule has 1 aromatic carbocycles. The summed E-state index contributed by atoms with van der Waals surface area (Å²) >= 11 is 1.83. The third kappa shape index (κ3) is 7.54. The summed E-state index contributed by atoms with van der Waals surface area (Å²) in [6.07, 6.45) is 8.03. The molecule has 4 heteroatoms. The van der Waals surface area contributed by atoms with Crippen molar-refractivity contribution < 1.29 is 14.7 Å². The predicted molar refractivity (Wildman–Crippen MR) is 98.2 cm³/mol. The standard InChI is InChI=1S/C18H21IO3/c1-13(2)6-9-16-12-14(8-11-18(21)22)7-10-15(16)4-3-5-17(19)20/h6-8,10-12H,3-5,9H2,1-2H3,(H,21,22)/b11-8+. The van der Waals surface area contributed by atoms with Crippen LogP contribution in [0, 0.1) is 0 Å². The van der Waals surface area contributed by atoms with Crippen LogP contribution in [-0.2, 0) is 22.4 Å². The van der Waals surface area contributed by atoms with Gasteiger partial charge in [0.15, 0.2) is 3.79 Å². The Morgan fingerprint density at radius 1 is 1.23 bits per heavy atom. The summed E-state index contributed by atoms with van der Waals surface area (Å²) in [4.78, 5) is 21.7. The highest BCUT2D eigenvalue weighted by atomic mass is 127. The van der Waals surface area contributed by atoms with Gasteiger partial charge in [0.25, 0.3) is 0 Å². The fraction of sp³-hybridized carbons (Fsp3) is 0.333. The Bertz CT molecular complexity index is 596. The molecule has 1 N–H and O–H groups in total. The average molecular weight is 412 g/mol. The molecule has 0 aliphatic carbocycles. The number of carbonyl (C=O) groups excluding carboxylic acids is 1. The summed E-state index contributed by atoms with van der Waals surface area (Å²) in [6, 6.07) is 5.99. The number of hydrogen-bond acceptors (Lipinski definition) is 2. The summed E-state index contributed by atoms with van der Waals surface area (Å²) in [5.41, 5.74) is 4.55. The van der Waals surface area contributed by atoms with E-state index in [1.807, 2.05) is 40.8 Å². The van der Waals surface area contributed by atoms with Crippen LogP contribution in [-0.4, -0.2) is 14.9 Å². The smallest absolute Gasteiger partial charge is 0.328 e. The van der Waals surface area contributed by atoms with Gasteiger partial charge in [0.2, 0.25) is 0 Å². The van der Waals surface area contributed by atoms with Crippen LogP contribution in [0.3, 0.4) is 0 Å². The van der Waals surface area contributed by atoms with Gasteiger partial charge in [-0.3, -0.25) is 4.79 Å². The Balaban J connectivity index is 2.95. The lowest BCUT2D eigenvalue weighted by atomic mass is 9.96. The molecule has 0 atom stereocenters. The highest BCUT2D eigenvalue weighted by molar-refractivity contribution is 14.1. The number of carboxylic acids is 1. The number of carboxylic acid groups (broad SMARTS) is 1. The number of carbonyl (C=O) groups is 2. The quantitative estimate of drug-likeness (QED) is 0.294. The molecule has 0 fully saturated rings. The lowest BCUT2D eigenvalue weighted by molar-refractivity contribution is -0.131. The van der Waals surface area contributed by atoms with E-state index in [2.05, 4.69) is 19.9 Å². The molecular formula is C18H21IO3. The normalized spacial score (nSPS) is 10.7. The van der Waals surface area contributed by atoms with Crippen LogP contribution < -0.4 is 0 Å². The predicted octanol–water partition coefficient (Wildman–Crippen LogP) is 4.58. The Morgan fingerprint density at radius 3 is 2.55 bits per heavy atom. The van der Waals surface area contributed by atoms with Crippen molar-refractivity contribution >= 4 is 38.4 Å². The molecule has 0 saturated heterocycles.